The van der Waals surface area contributed by atoms with Gasteiger partial charge in [-0.3, -0.25) is 0 Å². The van der Waals surface area contributed by atoms with Crippen molar-refractivity contribution in [3.63, 3.8) is 0 Å². The second kappa shape index (κ2) is 6.13. The van der Waals surface area contributed by atoms with Gasteiger partial charge in [0.1, 0.15) is 5.75 Å². The minimum absolute atomic E-state index is 0.244. The van der Waals surface area contributed by atoms with Gasteiger partial charge in [0.05, 0.1) is 12.7 Å². The van der Waals surface area contributed by atoms with Crippen LogP contribution in [-0.2, 0) is 11.2 Å². The summed E-state index contributed by atoms with van der Waals surface area (Å²) in [5, 5.41) is 12.0. The van der Waals surface area contributed by atoms with Crippen molar-refractivity contribution >= 4 is 16.7 Å². The first-order valence-corrected chi connectivity index (χ1v) is 7.47. The monoisotopic (exact) mass is 306 g/mol. The number of carbonyl (C=O) groups is 1. The van der Waals surface area contributed by atoms with Crippen molar-refractivity contribution in [3.8, 4) is 5.75 Å². The average molecular weight is 306 g/mol. The number of carbonyl (C=O) groups excluding carboxylic acids is 1. The Morgan fingerprint density at radius 1 is 1.04 bits per heavy atom. The highest BCUT2D eigenvalue weighted by Crippen LogP contribution is 2.28. The van der Waals surface area contributed by atoms with Gasteiger partial charge in [-0.2, -0.15) is 0 Å². The van der Waals surface area contributed by atoms with Crippen LogP contribution in [0.3, 0.4) is 0 Å². The van der Waals surface area contributed by atoms with Crippen LogP contribution in [-0.4, -0.2) is 18.2 Å². The zero-order valence-electron chi connectivity index (χ0n) is 13.2. The summed E-state index contributed by atoms with van der Waals surface area (Å²) in [5.74, 6) is -0.114. The zero-order valence-corrected chi connectivity index (χ0v) is 13.2. The number of rotatable bonds is 3. The van der Waals surface area contributed by atoms with Crippen molar-refractivity contribution in [3.05, 3.63) is 76.9 Å². The van der Waals surface area contributed by atoms with Crippen LogP contribution in [0.2, 0.25) is 0 Å². The molecule has 3 rings (SSSR count). The minimum atomic E-state index is -0.358. The largest absolute Gasteiger partial charge is 0.508 e. The molecule has 3 aromatic rings. The molecule has 0 heterocycles. The van der Waals surface area contributed by atoms with Crippen LogP contribution in [0.15, 0.2) is 54.6 Å². The van der Waals surface area contributed by atoms with Gasteiger partial charge in [-0.05, 0) is 40.5 Å². The van der Waals surface area contributed by atoms with Crippen LogP contribution in [0.25, 0.3) is 10.8 Å². The van der Waals surface area contributed by atoms with Crippen molar-refractivity contribution in [2.24, 2.45) is 0 Å². The lowest BCUT2D eigenvalue weighted by Gasteiger charge is -2.12. The van der Waals surface area contributed by atoms with E-state index in [9.17, 15) is 9.90 Å². The highest BCUT2D eigenvalue weighted by molar-refractivity contribution is 6.06. The van der Waals surface area contributed by atoms with Crippen LogP contribution in [0.1, 0.15) is 27.0 Å². The number of benzene rings is 3. The van der Waals surface area contributed by atoms with Gasteiger partial charge >= 0.3 is 5.97 Å². The fraction of sp³-hybridized carbons (Fsp3) is 0.150. The van der Waals surface area contributed by atoms with Crippen molar-refractivity contribution in [2.75, 3.05) is 7.11 Å². The molecule has 0 bridgehead atoms. The van der Waals surface area contributed by atoms with Crippen molar-refractivity contribution in [1.29, 1.82) is 0 Å². The Bertz CT molecular complexity index is 881. The Labute approximate surface area is 135 Å². The number of phenols is 1. The van der Waals surface area contributed by atoms with E-state index < -0.39 is 0 Å². The number of esters is 1. The Balaban J connectivity index is 2.15. The summed E-state index contributed by atoms with van der Waals surface area (Å²) in [6, 6.07) is 17.2. The number of ether oxygens (including phenoxy) is 1. The lowest BCUT2D eigenvalue weighted by atomic mass is 9.94. The molecule has 3 heteroatoms. The molecule has 0 unspecified atom stereocenters. The molecule has 0 amide bonds. The molecule has 0 spiro atoms. The second-order valence-corrected chi connectivity index (χ2v) is 5.62. The second-order valence-electron chi connectivity index (χ2n) is 5.62. The smallest absolute Gasteiger partial charge is 0.338 e. The van der Waals surface area contributed by atoms with Gasteiger partial charge in [-0.25, -0.2) is 4.79 Å². The molecule has 0 saturated heterocycles. The lowest BCUT2D eigenvalue weighted by Crippen LogP contribution is -2.07. The Morgan fingerprint density at radius 3 is 2.52 bits per heavy atom. The van der Waals surface area contributed by atoms with Crippen molar-refractivity contribution in [1.82, 2.24) is 0 Å². The molecule has 0 aromatic heterocycles. The number of phenolic OH excluding ortho intramolecular Hbond substituents is 1. The van der Waals surface area contributed by atoms with E-state index in [1.165, 1.54) is 7.11 Å². The average Bonchev–Trinajstić information content (AvgIpc) is 2.56. The highest BCUT2D eigenvalue weighted by Gasteiger charge is 2.17. The lowest BCUT2D eigenvalue weighted by molar-refractivity contribution is 0.0602. The molecule has 0 radical (unpaired) electrons. The molecule has 1 N–H and O–H groups in total. The maximum absolute atomic E-state index is 12.3. The summed E-state index contributed by atoms with van der Waals surface area (Å²) in [6.45, 7) is 1.93. The third kappa shape index (κ3) is 2.90. The predicted molar refractivity (Wildman–Crippen MR) is 90.9 cm³/mol. The first-order valence-electron chi connectivity index (χ1n) is 7.47. The third-order valence-corrected chi connectivity index (χ3v) is 4.03. The topological polar surface area (TPSA) is 46.5 Å². The van der Waals surface area contributed by atoms with Crippen LogP contribution in [0.4, 0.5) is 0 Å². The first-order chi connectivity index (χ1) is 11.1. The van der Waals surface area contributed by atoms with Gasteiger partial charge in [0.15, 0.2) is 0 Å². The molecular formula is C20H18O3. The fourth-order valence-corrected chi connectivity index (χ4v) is 2.84. The van der Waals surface area contributed by atoms with E-state index in [4.69, 9.17) is 4.74 Å². The summed E-state index contributed by atoms with van der Waals surface area (Å²) in [5.41, 5.74) is 3.19. The molecule has 0 aliphatic rings. The standard InChI is InChI=1S/C20H18O3/c1-13-7-8-15(18(21)11-13)12-16-10-9-14-5-3-4-6-17(14)19(16)20(22)23-2/h3-11,21H,12H2,1-2H3. The minimum Gasteiger partial charge on any atom is -0.508 e. The summed E-state index contributed by atoms with van der Waals surface area (Å²) in [7, 11) is 1.39. The predicted octanol–water partition coefficient (Wildman–Crippen LogP) is 4.23. The summed E-state index contributed by atoms with van der Waals surface area (Å²) < 4.78 is 4.97. The third-order valence-electron chi connectivity index (χ3n) is 4.03. The molecule has 116 valence electrons. The highest BCUT2D eigenvalue weighted by atomic mass is 16.5. The number of hydrogen-bond donors (Lipinski definition) is 1. The molecule has 0 aliphatic heterocycles. The maximum Gasteiger partial charge on any atom is 0.338 e. The van der Waals surface area contributed by atoms with E-state index >= 15 is 0 Å². The molecule has 3 aromatic carbocycles. The van der Waals surface area contributed by atoms with E-state index in [2.05, 4.69) is 0 Å². The first kappa shape index (κ1) is 15.1. The van der Waals surface area contributed by atoms with E-state index in [1.807, 2.05) is 55.5 Å². The van der Waals surface area contributed by atoms with Crippen LogP contribution in [0, 0.1) is 6.92 Å². The van der Waals surface area contributed by atoms with Gasteiger partial charge < -0.3 is 9.84 Å². The van der Waals surface area contributed by atoms with Crippen molar-refractivity contribution in [2.45, 2.75) is 13.3 Å². The fourth-order valence-electron chi connectivity index (χ4n) is 2.84. The Kier molecular flexibility index (Phi) is 4.02. The normalized spacial score (nSPS) is 10.7. The molecule has 23 heavy (non-hydrogen) atoms. The summed E-state index contributed by atoms with van der Waals surface area (Å²) in [6.07, 6.45) is 0.474. The summed E-state index contributed by atoms with van der Waals surface area (Å²) in [4.78, 5) is 12.3. The Morgan fingerprint density at radius 2 is 1.78 bits per heavy atom. The molecule has 0 aliphatic carbocycles. The summed E-state index contributed by atoms with van der Waals surface area (Å²) >= 11 is 0. The van der Waals surface area contributed by atoms with E-state index in [-0.39, 0.29) is 11.7 Å². The van der Waals surface area contributed by atoms with Crippen LogP contribution < -0.4 is 0 Å². The van der Waals surface area contributed by atoms with E-state index in [0.717, 1.165) is 27.5 Å². The number of fused-ring (bicyclic) bond motifs is 1. The van der Waals surface area contributed by atoms with Crippen LogP contribution in [0.5, 0.6) is 5.75 Å². The molecule has 0 fully saturated rings. The van der Waals surface area contributed by atoms with Gasteiger partial charge in [-0.15, -0.1) is 0 Å². The van der Waals surface area contributed by atoms with Gasteiger partial charge in [0.2, 0.25) is 0 Å². The van der Waals surface area contributed by atoms with E-state index in [1.54, 1.807) is 6.07 Å². The molecular weight excluding hydrogens is 288 g/mol. The van der Waals surface area contributed by atoms with Gasteiger partial charge in [0, 0.05) is 6.42 Å². The Hall–Kier alpha value is -2.81. The molecule has 3 nitrogen and oxygen atoms in total. The van der Waals surface area contributed by atoms with Gasteiger partial charge in [-0.1, -0.05) is 48.5 Å². The number of hydrogen-bond acceptors (Lipinski definition) is 3. The number of aryl methyl sites for hydroxylation is 1. The zero-order chi connectivity index (χ0) is 16.4. The van der Waals surface area contributed by atoms with E-state index in [0.29, 0.717) is 12.0 Å². The quantitative estimate of drug-likeness (QED) is 0.737. The van der Waals surface area contributed by atoms with Gasteiger partial charge in [0.25, 0.3) is 0 Å². The number of methoxy groups -OCH3 is 1. The van der Waals surface area contributed by atoms with Crippen LogP contribution >= 0.6 is 0 Å². The molecule has 0 saturated carbocycles. The maximum atomic E-state index is 12.3. The van der Waals surface area contributed by atoms with Crippen molar-refractivity contribution < 1.29 is 14.6 Å². The SMILES string of the molecule is COC(=O)c1c(Cc2ccc(C)cc2O)ccc2ccccc12. The molecule has 0 atom stereocenters. The number of aromatic hydroxyl groups is 1.